The predicted molar refractivity (Wildman–Crippen MR) is 84.5 cm³/mol. The van der Waals surface area contributed by atoms with E-state index in [1.165, 1.54) is 0 Å². The minimum absolute atomic E-state index is 0.0368. The highest BCUT2D eigenvalue weighted by Gasteiger charge is 2.36. The van der Waals surface area contributed by atoms with Gasteiger partial charge in [0, 0.05) is 18.7 Å². The molecule has 1 aromatic rings. The van der Waals surface area contributed by atoms with Crippen molar-refractivity contribution in [3.8, 4) is 5.88 Å². The number of aliphatic hydroxyl groups excluding tert-OH is 1. The number of amides is 1. The summed E-state index contributed by atoms with van der Waals surface area (Å²) in [5.41, 5.74) is 0.909. The Kier molecular flexibility index (Phi) is 5.06. The quantitative estimate of drug-likeness (QED) is 0.876. The number of ether oxygens (including phenoxy) is 1. The zero-order valence-electron chi connectivity index (χ0n) is 13.8. The molecule has 1 heterocycles. The van der Waals surface area contributed by atoms with Crippen LogP contribution in [-0.2, 0) is 4.79 Å². The summed E-state index contributed by atoms with van der Waals surface area (Å²) in [6.45, 7) is 6.14. The number of aromatic nitrogens is 1. The fourth-order valence-corrected chi connectivity index (χ4v) is 2.78. The van der Waals surface area contributed by atoms with E-state index >= 15 is 0 Å². The Morgan fingerprint density at radius 3 is 2.59 bits per heavy atom. The number of hydrogen-bond acceptors (Lipinski definition) is 4. The average Bonchev–Trinajstić information content (AvgIpc) is 2.40. The van der Waals surface area contributed by atoms with E-state index in [1.54, 1.807) is 19.4 Å². The second-order valence-corrected chi connectivity index (χ2v) is 7.30. The maximum absolute atomic E-state index is 12.3. The monoisotopic (exact) mass is 306 g/mol. The molecular formula is C17H26N2O3. The molecule has 5 heteroatoms. The lowest BCUT2D eigenvalue weighted by Gasteiger charge is -2.38. The molecule has 2 N–H and O–H groups in total. The van der Waals surface area contributed by atoms with Gasteiger partial charge in [-0.1, -0.05) is 26.8 Å². The maximum Gasteiger partial charge on any atom is 0.221 e. The first-order valence-corrected chi connectivity index (χ1v) is 7.76. The van der Waals surface area contributed by atoms with Crippen LogP contribution in [0.15, 0.2) is 18.3 Å². The summed E-state index contributed by atoms with van der Waals surface area (Å²) >= 11 is 0. The number of hydrogen-bond donors (Lipinski definition) is 2. The number of methoxy groups -OCH3 is 1. The zero-order valence-corrected chi connectivity index (χ0v) is 13.8. The number of aliphatic hydroxyl groups is 1. The van der Waals surface area contributed by atoms with E-state index in [9.17, 15) is 9.90 Å². The number of rotatable bonds is 5. The first-order valence-electron chi connectivity index (χ1n) is 7.76. The molecule has 0 saturated heterocycles. The third kappa shape index (κ3) is 4.44. The first kappa shape index (κ1) is 16.7. The molecule has 0 spiro atoms. The summed E-state index contributed by atoms with van der Waals surface area (Å²) in [4.78, 5) is 16.5. The van der Waals surface area contributed by atoms with Crippen molar-refractivity contribution in [1.82, 2.24) is 10.3 Å². The van der Waals surface area contributed by atoms with Gasteiger partial charge in [0.15, 0.2) is 0 Å². The smallest absolute Gasteiger partial charge is 0.221 e. The number of nitrogens with one attached hydrogen (secondary N) is 1. The van der Waals surface area contributed by atoms with E-state index in [4.69, 9.17) is 4.74 Å². The van der Waals surface area contributed by atoms with Crippen LogP contribution in [0, 0.1) is 11.3 Å². The molecule has 1 aliphatic carbocycles. The van der Waals surface area contributed by atoms with Gasteiger partial charge in [-0.2, -0.15) is 0 Å². The molecule has 0 aromatic carbocycles. The molecule has 0 bridgehead atoms. The van der Waals surface area contributed by atoms with Gasteiger partial charge in [0.1, 0.15) is 0 Å². The molecule has 122 valence electrons. The van der Waals surface area contributed by atoms with E-state index in [1.807, 2.05) is 26.8 Å². The van der Waals surface area contributed by atoms with Crippen LogP contribution >= 0.6 is 0 Å². The average molecular weight is 306 g/mol. The molecule has 0 unspecified atom stereocenters. The van der Waals surface area contributed by atoms with Gasteiger partial charge in [0.05, 0.1) is 19.3 Å². The molecule has 1 fully saturated rings. The third-order valence-electron chi connectivity index (χ3n) is 3.96. The molecule has 1 amide bonds. The van der Waals surface area contributed by atoms with Crippen molar-refractivity contribution >= 4 is 5.91 Å². The zero-order chi connectivity index (χ0) is 16.3. The molecule has 22 heavy (non-hydrogen) atoms. The lowest BCUT2D eigenvalue weighted by atomic mass is 9.75. The van der Waals surface area contributed by atoms with Crippen LogP contribution in [0.5, 0.6) is 5.88 Å². The van der Waals surface area contributed by atoms with Crippen LogP contribution in [0.1, 0.15) is 51.6 Å². The number of carbonyl (C=O) groups is 1. The maximum atomic E-state index is 12.3. The van der Waals surface area contributed by atoms with Crippen molar-refractivity contribution in [2.75, 3.05) is 7.11 Å². The van der Waals surface area contributed by atoms with Gasteiger partial charge in [-0.3, -0.25) is 4.79 Å². The Bertz CT molecular complexity index is 502. The van der Waals surface area contributed by atoms with Crippen LogP contribution in [0.25, 0.3) is 0 Å². The molecule has 0 radical (unpaired) electrons. The van der Waals surface area contributed by atoms with Crippen molar-refractivity contribution in [3.05, 3.63) is 23.9 Å². The Morgan fingerprint density at radius 2 is 2.14 bits per heavy atom. The summed E-state index contributed by atoms with van der Waals surface area (Å²) in [6, 6.07) is 3.63. The number of nitrogens with zero attached hydrogens (tertiary/aromatic N) is 1. The molecule has 1 aliphatic rings. The largest absolute Gasteiger partial charge is 0.481 e. The SMILES string of the molecule is COc1ccc([C@@H](NC(=O)CC(C)(C)C)C2CC(O)C2)cn1. The highest BCUT2D eigenvalue weighted by atomic mass is 16.5. The summed E-state index contributed by atoms with van der Waals surface area (Å²) in [7, 11) is 1.58. The van der Waals surface area contributed by atoms with Gasteiger partial charge < -0.3 is 15.2 Å². The van der Waals surface area contributed by atoms with Gasteiger partial charge in [-0.15, -0.1) is 0 Å². The predicted octanol–water partition coefficient (Wildman–Crippen LogP) is 2.45. The summed E-state index contributed by atoms with van der Waals surface area (Å²) in [6.07, 6.45) is 3.39. The second-order valence-electron chi connectivity index (χ2n) is 7.30. The minimum atomic E-state index is -0.252. The molecular weight excluding hydrogens is 280 g/mol. The van der Waals surface area contributed by atoms with E-state index in [-0.39, 0.29) is 29.4 Å². The second kappa shape index (κ2) is 6.65. The third-order valence-corrected chi connectivity index (χ3v) is 3.96. The van der Waals surface area contributed by atoms with Crippen molar-refractivity contribution < 1.29 is 14.6 Å². The molecule has 0 aliphatic heterocycles. The normalized spacial score (nSPS) is 22.6. The van der Waals surface area contributed by atoms with Crippen LogP contribution in [0.4, 0.5) is 0 Å². The topological polar surface area (TPSA) is 71.5 Å². The number of pyridine rings is 1. The lowest BCUT2D eigenvalue weighted by Crippen LogP contribution is -2.42. The van der Waals surface area contributed by atoms with Gasteiger partial charge in [-0.25, -0.2) is 4.98 Å². The Balaban J connectivity index is 2.10. The fraction of sp³-hybridized carbons (Fsp3) is 0.647. The van der Waals surface area contributed by atoms with Crippen LogP contribution in [-0.4, -0.2) is 29.2 Å². The number of carbonyl (C=O) groups excluding carboxylic acids is 1. The Morgan fingerprint density at radius 1 is 1.45 bits per heavy atom. The van der Waals surface area contributed by atoms with Gasteiger partial charge in [0.25, 0.3) is 0 Å². The van der Waals surface area contributed by atoms with E-state index in [2.05, 4.69) is 10.3 Å². The molecule has 1 saturated carbocycles. The molecule has 5 nitrogen and oxygen atoms in total. The molecule has 1 atom stereocenters. The van der Waals surface area contributed by atoms with E-state index < -0.39 is 0 Å². The van der Waals surface area contributed by atoms with E-state index in [0.717, 1.165) is 5.56 Å². The Labute approximate surface area is 132 Å². The minimum Gasteiger partial charge on any atom is -0.481 e. The summed E-state index contributed by atoms with van der Waals surface area (Å²) in [5.74, 6) is 0.848. The van der Waals surface area contributed by atoms with Crippen LogP contribution < -0.4 is 10.1 Å². The van der Waals surface area contributed by atoms with Gasteiger partial charge >= 0.3 is 0 Å². The highest BCUT2D eigenvalue weighted by Crippen LogP contribution is 2.38. The standard InChI is InChI=1S/C17H26N2O3/c1-17(2,3)9-14(21)19-16(12-7-13(20)8-12)11-5-6-15(22-4)18-10-11/h5-6,10,12-13,16,20H,7-9H2,1-4H3,(H,19,21)/t12?,13?,16-/m1/s1. The van der Waals surface area contributed by atoms with Gasteiger partial charge in [0.2, 0.25) is 11.8 Å². The van der Waals surface area contributed by atoms with E-state index in [0.29, 0.717) is 25.1 Å². The van der Waals surface area contributed by atoms with Crippen molar-refractivity contribution in [1.29, 1.82) is 0 Å². The van der Waals surface area contributed by atoms with Crippen molar-refractivity contribution in [2.45, 2.75) is 52.2 Å². The van der Waals surface area contributed by atoms with Crippen molar-refractivity contribution in [3.63, 3.8) is 0 Å². The Hall–Kier alpha value is -1.62. The summed E-state index contributed by atoms with van der Waals surface area (Å²) in [5, 5.41) is 12.7. The lowest BCUT2D eigenvalue weighted by molar-refractivity contribution is -0.124. The van der Waals surface area contributed by atoms with Crippen LogP contribution in [0.2, 0.25) is 0 Å². The molecule has 1 aromatic heterocycles. The highest BCUT2D eigenvalue weighted by molar-refractivity contribution is 5.77. The van der Waals surface area contributed by atoms with Crippen molar-refractivity contribution in [2.24, 2.45) is 11.3 Å². The first-order chi connectivity index (χ1) is 10.3. The summed E-state index contributed by atoms with van der Waals surface area (Å²) < 4.78 is 5.08. The molecule has 2 rings (SSSR count). The van der Waals surface area contributed by atoms with Gasteiger partial charge in [-0.05, 0) is 29.7 Å². The van der Waals surface area contributed by atoms with Crippen LogP contribution in [0.3, 0.4) is 0 Å². The fourth-order valence-electron chi connectivity index (χ4n) is 2.78.